The first-order chi connectivity index (χ1) is 8.91. The SMILES string of the molecule is COc1cc(NC2CCS(=O)(=O)CC2)c(Br)cc1Br. The van der Waals surface area contributed by atoms with Crippen molar-refractivity contribution in [1.29, 1.82) is 0 Å². The monoisotopic (exact) mass is 411 g/mol. The number of hydrogen-bond donors (Lipinski definition) is 1. The molecular formula is C12H15Br2NO3S. The number of ether oxygens (including phenoxy) is 1. The molecule has 0 aliphatic carbocycles. The predicted octanol–water partition coefficient (Wildman–Crippen LogP) is 3.21. The topological polar surface area (TPSA) is 55.4 Å². The molecule has 1 aliphatic heterocycles. The van der Waals surface area contributed by atoms with Crippen LogP contribution >= 0.6 is 31.9 Å². The average Bonchev–Trinajstić information content (AvgIpc) is 2.35. The molecule has 7 heteroatoms. The molecule has 4 nitrogen and oxygen atoms in total. The van der Waals surface area contributed by atoms with Crippen molar-refractivity contribution in [2.75, 3.05) is 23.9 Å². The van der Waals surface area contributed by atoms with Gasteiger partial charge in [0, 0.05) is 16.6 Å². The smallest absolute Gasteiger partial charge is 0.150 e. The zero-order valence-corrected chi connectivity index (χ0v) is 14.4. The van der Waals surface area contributed by atoms with Gasteiger partial charge in [0.25, 0.3) is 0 Å². The molecule has 1 saturated heterocycles. The second-order valence-electron chi connectivity index (χ2n) is 4.54. The van der Waals surface area contributed by atoms with Gasteiger partial charge in [-0.15, -0.1) is 0 Å². The predicted molar refractivity (Wildman–Crippen MR) is 83.7 cm³/mol. The van der Waals surface area contributed by atoms with Crippen LogP contribution in [0.5, 0.6) is 5.75 Å². The Hall–Kier alpha value is -0.270. The molecule has 0 atom stereocenters. The summed E-state index contributed by atoms with van der Waals surface area (Å²) in [7, 11) is -1.21. The van der Waals surface area contributed by atoms with Crippen molar-refractivity contribution in [3.8, 4) is 5.75 Å². The van der Waals surface area contributed by atoms with E-state index in [1.165, 1.54) is 0 Å². The molecule has 2 rings (SSSR count). The highest BCUT2D eigenvalue weighted by Crippen LogP contribution is 2.35. The lowest BCUT2D eigenvalue weighted by atomic mass is 10.1. The third-order valence-electron chi connectivity index (χ3n) is 3.16. The van der Waals surface area contributed by atoms with Crippen LogP contribution in [0.3, 0.4) is 0 Å². The summed E-state index contributed by atoms with van der Waals surface area (Å²) in [6, 6.07) is 4.00. The Morgan fingerprint density at radius 3 is 2.42 bits per heavy atom. The van der Waals surface area contributed by atoms with Gasteiger partial charge in [-0.25, -0.2) is 8.42 Å². The van der Waals surface area contributed by atoms with Crippen LogP contribution in [0.25, 0.3) is 0 Å². The number of rotatable bonds is 3. The van der Waals surface area contributed by atoms with Gasteiger partial charge in [-0.3, -0.25) is 0 Å². The van der Waals surface area contributed by atoms with Crippen molar-refractivity contribution in [3.63, 3.8) is 0 Å². The van der Waals surface area contributed by atoms with E-state index in [9.17, 15) is 8.42 Å². The summed E-state index contributed by atoms with van der Waals surface area (Å²) < 4.78 is 29.9. The van der Waals surface area contributed by atoms with Gasteiger partial charge in [-0.05, 0) is 50.8 Å². The van der Waals surface area contributed by atoms with Crippen LogP contribution in [0.2, 0.25) is 0 Å². The zero-order valence-electron chi connectivity index (χ0n) is 10.4. The highest BCUT2D eigenvalue weighted by atomic mass is 79.9. The Morgan fingerprint density at radius 2 is 1.84 bits per heavy atom. The molecule has 1 aromatic carbocycles. The highest BCUT2D eigenvalue weighted by Gasteiger charge is 2.24. The van der Waals surface area contributed by atoms with Gasteiger partial charge >= 0.3 is 0 Å². The highest BCUT2D eigenvalue weighted by molar-refractivity contribution is 9.11. The van der Waals surface area contributed by atoms with E-state index in [2.05, 4.69) is 37.2 Å². The van der Waals surface area contributed by atoms with Crippen LogP contribution in [0.4, 0.5) is 5.69 Å². The first-order valence-corrected chi connectivity index (χ1v) is 9.32. The van der Waals surface area contributed by atoms with Crippen LogP contribution in [0.1, 0.15) is 12.8 Å². The summed E-state index contributed by atoms with van der Waals surface area (Å²) >= 11 is 6.91. The molecule has 0 aromatic heterocycles. The number of nitrogens with one attached hydrogen (secondary N) is 1. The second kappa shape index (κ2) is 6.01. The van der Waals surface area contributed by atoms with Crippen LogP contribution in [0, 0.1) is 0 Å². The minimum absolute atomic E-state index is 0.186. The van der Waals surface area contributed by atoms with E-state index in [1.807, 2.05) is 12.1 Å². The molecule has 0 spiro atoms. The fourth-order valence-corrected chi connectivity index (χ4v) is 4.81. The average molecular weight is 413 g/mol. The van der Waals surface area contributed by atoms with E-state index < -0.39 is 9.84 Å². The van der Waals surface area contributed by atoms with E-state index in [0.29, 0.717) is 12.8 Å². The minimum Gasteiger partial charge on any atom is -0.495 e. The Labute approximate surface area is 130 Å². The maximum atomic E-state index is 11.4. The lowest BCUT2D eigenvalue weighted by molar-refractivity contribution is 0.412. The summed E-state index contributed by atoms with van der Waals surface area (Å²) in [5.41, 5.74) is 0.921. The number of anilines is 1. The van der Waals surface area contributed by atoms with E-state index in [1.54, 1.807) is 7.11 Å². The van der Waals surface area contributed by atoms with Crippen molar-refractivity contribution in [2.45, 2.75) is 18.9 Å². The van der Waals surface area contributed by atoms with Crippen LogP contribution in [-0.2, 0) is 9.84 Å². The van der Waals surface area contributed by atoms with Gasteiger partial charge in [0.1, 0.15) is 15.6 Å². The van der Waals surface area contributed by atoms with Gasteiger partial charge in [0.15, 0.2) is 0 Å². The van der Waals surface area contributed by atoms with Crippen LogP contribution in [0.15, 0.2) is 21.1 Å². The molecule has 1 fully saturated rings. The molecule has 1 heterocycles. The summed E-state index contributed by atoms with van der Waals surface area (Å²) in [5, 5.41) is 3.38. The number of sulfone groups is 1. The molecule has 0 amide bonds. The molecule has 0 radical (unpaired) electrons. The molecular weight excluding hydrogens is 398 g/mol. The quantitative estimate of drug-likeness (QED) is 0.827. The van der Waals surface area contributed by atoms with Crippen molar-refractivity contribution in [2.24, 2.45) is 0 Å². The molecule has 19 heavy (non-hydrogen) atoms. The van der Waals surface area contributed by atoms with Crippen molar-refractivity contribution < 1.29 is 13.2 Å². The molecule has 1 aromatic rings. The van der Waals surface area contributed by atoms with Gasteiger partial charge in [-0.2, -0.15) is 0 Å². The maximum Gasteiger partial charge on any atom is 0.150 e. The van der Waals surface area contributed by atoms with E-state index >= 15 is 0 Å². The molecule has 0 saturated carbocycles. The second-order valence-corrected chi connectivity index (χ2v) is 8.55. The third kappa shape index (κ3) is 3.86. The Bertz CT molecular complexity index is 561. The minimum atomic E-state index is -2.82. The van der Waals surface area contributed by atoms with Gasteiger partial charge in [-0.1, -0.05) is 0 Å². The van der Waals surface area contributed by atoms with Gasteiger partial charge < -0.3 is 10.1 Å². The van der Waals surface area contributed by atoms with Crippen molar-refractivity contribution >= 4 is 47.4 Å². The molecule has 0 bridgehead atoms. The fraction of sp³-hybridized carbons (Fsp3) is 0.500. The van der Waals surface area contributed by atoms with Crippen molar-refractivity contribution in [3.05, 3.63) is 21.1 Å². The van der Waals surface area contributed by atoms with Crippen LogP contribution < -0.4 is 10.1 Å². The summed E-state index contributed by atoms with van der Waals surface area (Å²) in [4.78, 5) is 0. The molecule has 0 unspecified atom stereocenters. The lowest BCUT2D eigenvalue weighted by Gasteiger charge is -2.25. The van der Waals surface area contributed by atoms with E-state index in [0.717, 1.165) is 20.4 Å². The third-order valence-corrected chi connectivity index (χ3v) is 6.15. The normalized spacial score (nSPS) is 19.1. The van der Waals surface area contributed by atoms with E-state index in [-0.39, 0.29) is 17.5 Å². The first kappa shape index (κ1) is 15.1. The van der Waals surface area contributed by atoms with E-state index in [4.69, 9.17) is 4.74 Å². The molecule has 106 valence electrons. The van der Waals surface area contributed by atoms with Crippen molar-refractivity contribution in [1.82, 2.24) is 0 Å². The largest absolute Gasteiger partial charge is 0.495 e. The van der Waals surface area contributed by atoms with Gasteiger partial charge in [0.05, 0.1) is 28.8 Å². The fourth-order valence-electron chi connectivity index (χ4n) is 2.05. The zero-order chi connectivity index (χ0) is 14.0. The Morgan fingerprint density at radius 1 is 1.21 bits per heavy atom. The summed E-state index contributed by atoms with van der Waals surface area (Å²) in [6.45, 7) is 0. The Kier molecular flexibility index (Phi) is 4.79. The standard InChI is InChI=1S/C12H15Br2NO3S/c1-18-12-7-11(9(13)6-10(12)14)15-8-2-4-19(16,17)5-3-8/h6-8,15H,2-5H2,1H3. The Balaban J connectivity index is 2.11. The summed E-state index contributed by atoms with van der Waals surface area (Å²) in [5.74, 6) is 1.26. The number of hydrogen-bond acceptors (Lipinski definition) is 4. The number of halogens is 2. The number of benzene rings is 1. The summed E-state index contributed by atoms with van der Waals surface area (Å²) in [6.07, 6.45) is 1.29. The molecule has 1 N–H and O–H groups in total. The lowest BCUT2D eigenvalue weighted by Crippen LogP contribution is -2.32. The maximum absolute atomic E-state index is 11.4. The van der Waals surface area contributed by atoms with Crippen LogP contribution in [-0.4, -0.2) is 33.1 Å². The molecule has 1 aliphatic rings. The first-order valence-electron chi connectivity index (χ1n) is 5.91. The number of methoxy groups -OCH3 is 1. The van der Waals surface area contributed by atoms with Gasteiger partial charge in [0.2, 0.25) is 0 Å².